The molecule has 1 aromatic rings. The number of hydrogen-bond donors (Lipinski definition) is 2. The van der Waals surface area contributed by atoms with Gasteiger partial charge in [0.2, 0.25) is 5.91 Å². The van der Waals surface area contributed by atoms with Gasteiger partial charge in [0.15, 0.2) is 0 Å². The molecule has 0 bridgehead atoms. The summed E-state index contributed by atoms with van der Waals surface area (Å²) in [5.41, 5.74) is 0.870. The fourth-order valence-corrected chi connectivity index (χ4v) is 2.68. The van der Waals surface area contributed by atoms with Crippen LogP contribution in [0.15, 0.2) is 18.2 Å². The summed E-state index contributed by atoms with van der Waals surface area (Å²) in [6.45, 7) is 3.95. The van der Waals surface area contributed by atoms with E-state index < -0.39 is 17.9 Å². The summed E-state index contributed by atoms with van der Waals surface area (Å²) >= 11 is 5.96. The Kier molecular flexibility index (Phi) is 5.29. The van der Waals surface area contributed by atoms with Gasteiger partial charge in [0.25, 0.3) is 0 Å². The molecule has 0 fully saturated rings. The molecular weight excluding hydrogens is 306 g/mol. The molecule has 1 heterocycles. The summed E-state index contributed by atoms with van der Waals surface area (Å²) in [5.74, 6) is -1.11. The molecule has 1 aromatic carbocycles. The number of amides is 1. The van der Waals surface area contributed by atoms with Crippen LogP contribution < -0.4 is 10.1 Å². The molecule has 0 aliphatic carbocycles. The van der Waals surface area contributed by atoms with Gasteiger partial charge in [-0.2, -0.15) is 0 Å². The highest BCUT2D eigenvalue weighted by atomic mass is 35.5. The molecule has 1 aliphatic heterocycles. The molecule has 0 spiro atoms. The van der Waals surface area contributed by atoms with Gasteiger partial charge in [-0.1, -0.05) is 31.9 Å². The van der Waals surface area contributed by atoms with Crippen LogP contribution in [-0.4, -0.2) is 29.6 Å². The van der Waals surface area contributed by atoms with Gasteiger partial charge in [-0.3, -0.25) is 4.79 Å². The molecule has 0 radical (unpaired) electrons. The van der Waals surface area contributed by atoms with Crippen LogP contribution in [0.4, 0.5) is 0 Å². The van der Waals surface area contributed by atoms with Gasteiger partial charge >= 0.3 is 5.97 Å². The second kappa shape index (κ2) is 7.01. The van der Waals surface area contributed by atoms with E-state index >= 15 is 0 Å². The van der Waals surface area contributed by atoms with Crippen LogP contribution in [0.3, 0.4) is 0 Å². The van der Waals surface area contributed by atoms with E-state index in [-0.39, 0.29) is 18.4 Å². The maximum atomic E-state index is 12.3. The SMILES string of the molecule is CCC(C)C(NC(=O)C1COc2ccc(Cl)cc2C1)C(=O)O. The van der Waals surface area contributed by atoms with Crippen LogP contribution in [-0.2, 0) is 16.0 Å². The Balaban J connectivity index is 2.06. The van der Waals surface area contributed by atoms with E-state index in [0.29, 0.717) is 17.9 Å². The van der Waals surface area contributed by atoms with E-state index in [0.717, 1.165) is 11.3 Å². The number of fused-ring (bicyclic) bond motifs is 1. The Morgan fingerprint density at radius 2 is 2.23 bits per heavy atom. The predicted octanol–water partition coefficient (Wildman–Crippen LogP) is 2.51. The van der Waals surface area contributed by atoms with E-state index in [1.807, 2.05) is 13.8 Å². The second-order valence-electron chi connectivity index (χ2n) is 5.67. The maximum Gasteiger partial charge on any atom is 0.326 e. The van der Waals surface area contributed by atoms with Crippen molar-refractivity contribution in [1.82, 2.24) is 5.32 Å². The third-order valence-corrected chi connectivity index (χ3v) is 4.31. The largest absolute Gasteiger partial charge is 0.492 e. The molecule has 5 nitrogen and oxygen atoms in total. The van der Waals surface area contributed by atoms with Gasteiger partial charge < -0.3 is 15.2 Å². The van der Waals surface area contributed by atoms with Crippen LogP contribution in [0.25, 0.3) is 0 Å². The number of carbonyl (C=O) groups excluding carboxylic acids is 1. The standard InChI is InChI=1S/C16H20ClNO4/c1-3-9(2)14(16(20)21)18-15(19)11-6-10-7-12(17)4-5-13(10)22-8-11/h4-5,7,9,11,14H,3,6,8H2,1-2H3,(H,18,19)(H,20,21). The lowest BCUT2D eigenvalue weighted by molar-refractivity contribution is -0.144. The Bertz CT molecular complexity index is 575. The zero-order valence-electron chi connectivity index (χ0n) is 12.6. The molecule has 1 aliphatic rings. The van der Waals surface area contributed by atoms with E-state index in [2.05, 4.69) is 5.32 Å². The summed E-state index contributed by atoms with van der Waals surface area (Å²) in [7, 11) is 0. The minimum atomic E-state index is -1.01. The number of carboxylic acid groups (broad SMARTS) is 1. The monoisotopic (exact) mass is 325 g/mol. The lowest BCUT2D eigenvalue weighted by Crippen LogP contribution is -2.49. The van der Waals surface area contributed by atoms with Gasteiger partial charge in [-0.05, 0) is 36.1 Å². The number of carbonyl (C=O) groups is 2. The van der Waals surface area contributed by atoms with E-state index in [1.165, 1.54) is 0 Å². The molecule has 0 saturated carbocycles. The number of hydrogen-bond acceptors (Lipinski definition) is 3. The Hall–Kier alpha value is -1.75. The third kappa shape index (κ3) is 3.71. The molecule has 0 aromatic heterocycles. The second-order valence-corrected chi connectivity index (χ2v) is 6.11. The highest BCUT2D eigenvalue weighted by Crippen LogP contribution is 2.30. The normalized spacial score (nSPS) is 19.5. The van der Waals surface area contributed by atoms with Crippen LogP contribution in [0.5, 0.6) is 5.75 Å². The van der Waals surface area contributed by atoms with E-state index in [4.69, 9.17) is 16.3 Å². The lowest BCUT2D eigenvalue weighted by Gasteiger charge is -2.27. The number of nitrogens with one attached hydrogen (secondary N) is 1. The number of halogens is 1. The van der Waals surface area contributed by atoms with Crippen molar-refractivity contribution < 1.29 is 19.4 Å². The molecule has 1 amide bonds. The van der Waals surface area contributed by atoms with Crippen LogP contribution in [0, 0.1) is 11.8 Å². The number of rotatable bonds is 5. The molecular formula is C16H20ClNO4. The highest BCUT2D eigenvalue weighted by molar-refractivity contribution is 6.30. The van der Waals surface area contributed by atoms with Crippen LogP contribution in [0.1, 0.15) is 25.8 Å². The smallest absolute Gasteiger partial charge is 0.326 e. The first-order valence-corrected chi connectivity index (χ1v) is 7.74. The van der Waals surface area contributed by atoms with E-state index in [1.54, 1.807) is 18.2 Å². The van der Waals surface area contributed by atoms with Gasteiger partial charge in [0.1, 0.15) is 18.4 Å². The summed E-state index contributed by atoms with van der Waals surface area (Å²) in [4.78, 5) is 23.6. The summed E-state index contributed by atoms with van der Waals surface area (Å²) in [5, 5.41) is 12.5. The van der Waals surface area contributed by atoms with Gasteiger partial charge in [0.05, 0.1) is 5.92 Å². The molecule has 3 unspecified atom stereocenters. The molecule has 22 heavy (non-hydrogen) atoms. The minimum Gasteiger partial charge on any atom is -0.492 e. The average molecular weight is 326 g/mol. The Morgan fingerprint density at radius 3 is 2.86 bits per heavy atom. The highest BCUT2D eigenvalue weighted by Gasteiger charge is 2.31. The summed E-state index contributed by atoms with van der Waals surface area (Å²) in [6.07, 6.45) is 1.17. The predicted molar refractivity (Wildman–Crippen MR) is 83.2 cm³/mol. The Labute approximate surface area is 134 Å². The molecule has 120 valence electrons. The van der Waals surface area contributed by atoms with Crippen molar-refractivity contribution in [2.24, 2.45) is 11.8 Å². The first-order valence-electron chi connectivity index (χ1n) is 7.36. The van der Waals surface area contributed by atoms with Crippen LogP contribution >= 0.6 is 11.6 Å². The fourth-order valence-electron chi connectivity index (χ4n) is 2.49. The molecule has 2 rings (SSSR count). The van der Waals surface area contributed by atoms with E-state index in [9.17, 15) is 14.7 Å². The fraction of sp³-hybridized carbons (Fsp3) is 0.500. The molecule has 3 atom stereocenters. The minimum absolute atomic E-state index is 0.132. The van der Waals surface area contributed by atoms with Gasteiger partial charge in [-0.25, -0.2) is 4.79 Å². The average Bonchev–Trinajstić information content (AvgIpc) is 2.50. The van der Waals surface area contributed by atoms with Crippen molar-refractivity contribution >= 4 is 23.5 Å². The van der Waals surface area contributed by atoms with Gasteiger partial charge in [0, 0.05) is 5.02 Å². The summed E-state index contributed by atoms with van der Waals surface area (Å²) < 4.78 is 5.57. The first-order chi connectivity index (χ1) is 10.4. The van der Waals surface area contributed by atoms with Crippen molar-refractivity contribution in [2.45, 2.75) is 32.7 Å². The number of carboxylic acids is 1. The van der Waals surface area contributed by atoms with Crippen molar-refractivity contribution in [2.75, 3.05) is 6.61 Å². The topological polar surface area (TPSA) is 75.6 Å². The zero-order chi connectivity index (χ0) is 16.3. The number of benzene rings is 1. The first kappa shape index (κ1) is 16.6. The molecule has 2 N–H and O–H groups in total. The molecule has 0 saturated heterocycles. The van der Waals surface area contributed by atoms with Crippen LogP contribution in [0.2, 0.25) is 5.02 Å². The van der Waals surface area contributed by atoms with Crippen molar-refractivity contribution in [3.05, 3.63) is 28.8 Å². The Morgan fingerprint density at radius 1 is 1.50 bits per heavy atom. The molecule has 6 heteroatoms. The maximum absolute atomic E-state index is 12.3. The van der Waals surface area contributed by atoms with Crippen molar-refractivity contribution in [1.29, 1.82) is 0 Å². The quantitative estimate of drug-likeness (QED) is 0.872. The third-order valence-electron chi connectivity index (χ3n) is 4.08. The van der Waals surface area contributed by atoms with Gasteiger partial charge in [-0.15, -0.1) is 0 Å². The lowest BCUT2D eigenvalue weighted by atomic mass is 9.94. The summed E-state index contributed by atoms with van der Waals surface area (Å²) in [6, 6.07) is 4.42. The zero-order valence-corrected chi connectivity index (χ0v) is 13.4. The number of ether oxygens (including phenoxy) is 1. The van der Waals surface area contributed by atoms with Crippen molar-refractivity contribution in [3.8, 4) is 5.75 Å². The van der Waals surface area contributed by atoms with Crippen molar-refractivity contribution in [3.63, 3.8) is 0 Å². The number of aliphatic carboxylic acids is 1.